The van der Waals surface area contributed by atoms with Gasteiger partial charge in [-0.25, -0.2) is 0 Å². The summed E-state index contributed by atoms with van der Waals surface area (Å²) in [6.45, 7) is 16.0. The first-order valence-electron chi connectivity index (χ1n) is 4.90. The van der Waals surface area contributed by atoms with Crippen LogP contribution in [-0.4, -0.2) is 0 Å². The van der Waals surface area contributed by atoms with Crippen molar-refractivity contribution < 1.29 is 0 Å². The molecule has 0 saturated heterocycles. The summed E-state index contributed by atoms with van der Waals surface area (Å²) in [5.41, 5.74) is 3.47. The van der Waals surface area contributed by atoms with E-state index in [9.17, 15) is 0 Å². The standard InChI is InChI=1S/C12H24/c1-9(2)11(5)8-12(6,7)10(3)4/h10H,8H2,1-7H3. The number of allylic oxidation sites excluding steroid dienone is 2. The van der Waals surface area contributed by atoms with Gasteiger partial charge in [0.25, 0.3) is 0 Å². The van der Waals surface area contributed by atoms with E-state index in [2.05, 4.69) is 48.5 Å². The zero-order valence-corrected chi connectivity index (χ0v) is 9.78. The van der Waals surface area contributed by atoms with Crippen molar-refractivity contribution in [3.63, 3.8) is 0 Å². The molecule has 0 N–H and O–H groups in total. The minimum atomic E-state index is 0.446. The van der Waals surface area contributed by atoms with Crippen LogP contribution < -0.4 is 0 Å². The Labute approximate surface area is 78.1 Å². The molecule has 0 amide bonds. The summed E-state index contributed by atoms with van der Waals surface area (Å²) in [6.07, 6.45) is 1.23. The van der Waals surface area contributed by atoms with Gasteiger partial charge in [0.1, 0.15) is 0 Å². The number of hydrogen-bond donors (Lipinski definition) is 0. The van der Waals surface area contributed by atoms with Crippen LogP contribution in [0.5, 0.6) is 0 Å². The lowest BCUT2D eigenvalue weighted by Crippen LogP contribution is -2.19. The molecule has 0 heteroatoms. The molecule has 0 atom stereocenters. The van der Waals surface area contributed by atoms with E-state index in [-0.39, 0.29) is 0 Å². The lowest BCUT2D eigenvalue weighted by atomic mass is 9.76. The van der Waals surface area contributed by atoms with Crippen molar-refractivity contribution in [2.24, 2.45) is 11.3 Å². The van der Waals surface area contributed by atoms with Crippen molar-refractivity contribution in [1.29, 1.82) is 0 Å². The van der Waals surface area contributed by atoms with Gasteiger partial charge in [0.2, 0.25) is 0 Å². The first kappa shape index (κ1) is 11.7. The van der Waals surface area contributed by atoms with Gasteiger partial charge in [-0.2, -0.15) is 0 Å². The maximum Gasteiger partial charge on any atom is -0.0267 e. The van der Waals surface area contributed by atoms with Crippen LogP contribution in [0.2, 0.25) is 0 Å². The molecule has 0 saturated carbocycles. The topological polar surface area (TPSA) is 0 Å². The van der Waals surface area contributed by atoms with E-state index in [1.165, 1.54) is 12.0 Å². The normalized spacial score (nSPS) is 12.0. The van der Waals surface area contributed by atoms with Crippen LogP contribution in [0, 0.1) is 11.3 Å². The Morgan fingerprint density at radius 1 is 1.08 bits per heavy atom. The lowest BCUT2D eigenvalue weighted by Gasteiger charge is -2.30. The molecule has 0 radical (unpaired) electrons. The van der Waals surface area contributed by atoms with Gasteiger partial charge < -0.3 is 0 Å². The molecule has 0 rings (SSSR count). The number of hydrogen-bond acceptors (Lipinski definition) is 0. The van der Waals surface area contributed by atoms with Gasteiger partial charge in [0.05, 0.1) is 0 Å². The Kier molecular flexibility index (Phi) is 4.02. The molecule has 72 valence electrons. The summed E-state index contributed by atoms with van der Waals surface area (Å²) < 4.78 is 0. The van der Waals surface area contributed by atoms with Crippen molar-refractivity contribution in [2.45, 2.75) is 54.9 Å². The SMILES string of the molecule is CC(C)=C(C)CC(C)(C)C(C)C. The summed E-state index contributed by atoms with van der Waals surface area (Å²) in [5, 5.41) is 0. The molecule has 12 heavy (non-hydrogen) atoms. The Bertz CT molecular complexity index is 166. The van der Waals surface area contributed by atoms with Gasteiger partial charge in [-0.15, -0.1) is 0 Å². The van der Waals surface area contributed by atoms with Gasteiger partial charge in [0.15, 0.2) is 0 Å². The first-order chi connectivity index (χ1) is 5.27. The maximum atomic E-state index is 2.35. The Balaban J connectivity index is 4.36. The van der Waals surface area contributed by atoms with Gasteiger partial charge in [-0.05, 0) is 38.5 Å². The van der Waals surface area contributed by atoms with E-state index in [1.807, 2.05) is 0 Å². The van der Waals surface area contributed by atoms with E-state index in [1.54, 1.807) is 5.57 Å². The van der Waals surface area contributed by atoms with Crippen molar-refractivity contribution in [2.75, 3.05) is 0 Å². The Morgan fingerprint density at radius 2 is 1.50 bits per heavy atom. The molecule has 0 spiro atoms. The summed E-state index contributed by atoms with van der Waals surface area (Å²) in [6, 6.07) is 0. The molecular formula is C12H24. The molecule has 0 aliphatic rings. The van der Waals surface area contributed by atoms with Crippen molar-refractivity contribution >= 4 is 0 Å². The average molecular weight is 168 g/mol. The highest BCUT2D eigenvalue weighted by Crippen LogP contribution is 2.33. The molecule has 0 aliphatic carbocycles. The third-order valence-electron chi connectivity index (χ3n) is 3.14. The molecule has 0 aromatic rings. The predicted molar refractivity (Wildman–Crippen MR) is 57.3 cm³/mol. The summed E-state index contributed by atoms with van der Waals surface area (Å²) in [5.74, 6) is 0.756. The minimum Gasteiger partial charge on any atom is -0.0775 e. The highest BCUT2D eigenvalue weighted by molar-refractivity contribution is 5.08. The van der Waals surface area contributed by atoms with Crippen LogP contribution in [0.15, 0.2) is 11.1 Å². The highest BCUT2D eigenvalue weighted by atomic mass is 14.3. The molecule has 0 aromatic carbocycles. The zero-order chi connectivity index (χ0) is 9.94. The van der Waals surface area contributed by atoms with Crippen LogP contribution in [0.1, 0.15) is 54.9 Å². The molecule has 0 fully saturated rings. The van der Waals surface area contributed by atoms with Crippen LogP contribution in [0.3, 0.4) is 0 Å². The smallest absolute Gasteiger partial charge is 0.0267 e. The lowest BCUT2D eigenvalue weighted by molar-refractivity contribution is 0.247. The van der Waals surface area contributed by atoms with Gasteiger partial charge in [-0.1, -0.05) is 38.8 Å². The minimum absolute atomic E-state index is 0.446. The van der Waals surface area contributed by atoms with E-state index in [0.29, 0.717) is 5.41 Å². The van der Waals surface area contributed by atoms with E-state index in [4.69, 9.17) is 0 Å². The van der Waals surface area contributed by atoms with Gasteiger partial charge >= 0.3 is 0 Å². The fourth-order valence-corrected chi connectivity index (χ4v) is 1.06. The Morgan fingerprint density at radius 3 is 1.75 bits per heavy atom. The third kappa shape index (κ3) is 3.42. The van der Waals surface area contributed by atoms with E-state index >= 15 is 0 Å². The van der Waals surface area contributed by atoms with Crippen LogP contribution in [0.4, 0.5) is 0 Å². The predicted octanol–water partition coefficient (Wildman–Crippen LogP) is 4.42. The molecule has 0 nitrogen and oxygen atoms in total. The third-order valence-corrected chi connectivity index (χ3v) is 3.14. The second-order valence-corrected chi connectivity index (χ2v) is 5.10. The van der Waals surface area contributed by atoms with Crippen LogP contribution in [-0.2, 0) is 0 Å². The fourth-order valence-electron chi connectivity index (χ4n) is 1.06. The number of rotatable bonds is 3. The molecule has 0 unspecified atom stereocenters. The Hall–Kier alpha value is -0.260. The van der Waals surface area contributed by atoms with E-state index < -0.39 is 0 Å². The van der Waals surface area contributed by atoms with Crippen LogP contribution in [0.25, 0.3) is 0 Å². The first-order valence-corrected chi connectivity index (χ1v) is 4.90. The van der Waals surface area contributed by atoms with Gasteiger partial charge in [-0.3, -0.25) is 0 Å². The summed E-state index contributed by atoms with van der Waals surface area (Å²) in [4.78, 5) is 0. The zero-order valence-electron chi connectivity index (χ0n) is 9.78. The van der Waals surface area contributed by atoms with E-state index in [0.717, 1.165) is 5.92 Å². The fraction of sp³-hybridized carbons (Fsp3) is 0.833. The van der Waals surface area contributed by atoms with Crippen molar-refractivity contribution in [3.8, 4) is 0 Å². The molecule has 0 heterocycles. The van der Waals surface area contributed by atoms with Crippen molar-refractivity contribution in [1.82, 2.24) is 0 Å². The maximum absolute atomic E-state index is 2.35. The molecule has 0 bridgehead atoms. The van der Waals surface area contributed by atoms with Gasteiger partial charge in [0, 0.05) is 0 Å². The summed E-state index contributed by atoms with van der Waals surface area (Å²) >= 11 is 0. The monoisotopic (exact) mass is 168 g/mol. The molecule has 0 aliphatic heterocycles. The highest BCUT2D eigenvalue weighted by Gasteiger charge is 2.22. The molecular weight excluding hydrogens is 144 g/mol. The summed E-state index contributed by atoms with van der Waals surface area (Å²) in [7, 11) is 0. The molecule has 0 aromatic heterocycles. The van der Waals surface area contributed by atoms with Crippen LogP contribution >= 0.6 is 0 Å². The largest absolute Gasteiger partial charge is 0.0775 e. The van der Waals surface area contributed by atoms with Crippen molar-refractivity contribution in [3.05, 3.63) is 11.1 Å². The quantitative estimate of drug-likeness (QED) is 0.547. The average Bonchev–Trinajstić information content (AvgIpc) is 1.85. The second-order valence-electron chi connectivity index (χ2n) is 5.10. The second kappa shape index (κ2) is 4.11.